The topological polar surface area (TPSA) is 85.9 Å². The number of methoxy groups -OCH3 is 1. The second kappa shape index (κ2) is 10.8. The third-order valence-corrected chi connectivity index (χ3v) is 3.60. The molecule has 0 saturated heterocycles. The van der Waals surface area contributed by atoms with Crippen LogP contribution < -0.4 is 15.4 Å². The lowest BCUT2D eigenvalue weighted by atomic mass is 10.2. The van der Waals surface area contributed by atoms with Crippen molar-refractivity contribution < 1.29 is 23.8 Å². The van der Waals surface area contributed by atoms with Crippen LogP contribution in [0.3, 0.4) is 0 Å². The van der Waals surface area contributed by atoms with Gasteiger partial charge in [-0.15, -0.1) is 0 Å². The molecule has 0 aromatic heterocycles. The summed E-state index contributed by atoms with van der Waals surface area (Å²) in [5, 5.41) is 5.80. The number of benzene rings is 2. The summed E-state index contributed by atoms with van der Waals surface area (Å²) in [4.78, 5) is 23.4. The lowest BCUT2D eigenvalue weighted by molar-refractivity contribution is -0.114. The predicted octanol–water partition coefficient (Wildman–Crippen LogP) is 2.94. The van der Waals surface area contributed by atoms with E-state index in [-0.39, 0.29) is 12.5 Å². The average Bonchev–Trinajstić information content (AvgIpc) is 2.70. The van der Waals surface area contributed by atoms with Gasteiger partial charge in [0.1, 0.15) is 12.4 Å². The molecule has 0 unspecified atom stereocenters. The van der Waals surface area contributed by atoms with Gasteiger partial charge in [-0.25, -0.2) is 4.79 Å². The van der Waals surface area contributed by atoms with Gasteiger partial charge in [0.15, 0.2) is 0 Å². The molecule has 144 valence electrons. The highest BCUT2D eigenvalue weighted by atomic mass is 16.5. The molecule has 0 atom stereocenters. The Hall–Kier alpha value is -3.06. The highest BCUT2D eigenvalue weighted by Crippen LogP contribution is 2.16. The van der Waals surface area contributed by atoms with Crippen molar-refractivity contribution in [3.8, 4) is 5.75 Å². The van der Waals surface area contributed by atoms with Gasteiger partial charge in [-0.2, -0.15) is 0 Å². The summed E-state index contributed by atoms with van der Waals surface area (Å²) in [6.45, 7) is 3.73. The van der Waals surface area contributed by atoms with Crippen LogP contribution in [0, 0.1) is 0 Å². The van der Waals surface area contributed by atoms with Gasteiger partial charge in [0, 0.05) is 18.0 Å². The third-order valence-electron chi connectivity index (χ3n) is 3.60. The van der Waals surface area contributed by atoms with Crippen molar-refractivity contribution in [2.45, 2.75) is 6.92 Å². The number of rotatable bonds is 10. The van der Waals surface area contributed by atoms with E-state index in [9.17, 15) is 9.59 Å². The largest absolute Gasteiger partial charge is 0.491 e. The molecule has 0 aliphatic carbocycles. The van der Waals surface area contributed by atoms with Crippen LogP contribution >= 0.6 is 0 Å². The molecule has 2 aromatic rings. The van der Waals surface area contributed by atoms with Gasteiger partial charge in [0.2, 0.25) is 5.91 Å². The molecule has 0 aliphatic heterocycles. The van der Waals surface area contributed by atoms with Crippen molar-refractivity contribution in [2.75, 3.05) is 44.1 Å². The summed E-state index contributed by atoms with van der Waals surface area (Å²) < 4.78 is 15.4. The molecule has 7 heteroatoms. The van der Waals surface area contributed by atoms with Crippen LogP contribution in [-0.2, 0) is 14.3 Å². The van der Waals surface area contributed by atoms with Crippen molar-refractivity contribution in [2.24, 2.45) is 0 Å². The SMILES string of the molecule is CCOCCOc1ccc(NC(=O)CNc2ccc(C(=O)OC)cc2)cc1. The van der Waals surface area contributed by atoms with Crippen LogP contribution in [-0.4, -0.2) is 45.4 Å². The molecular formula is C20H24N2O5. The Bertz CT molecular complexity index is 729. The maximum Gasteiger partial charge on any atom is 0.337 e. The van der Waals surface area contributed by atoms with Gasteiger partial charge in [0.05, 0.1) is 25.8 Å². The third kappa shape index (κ3) is 6.99. The molecule has 27 heavy (non-hydrogen) atoms. The van der Waals surface area contributed by atoms with E-state index in [0.717, 1.165) is 11.4 Å². The van der Waals surface area contributed by atoms with Gasteiger partial charge in [0.25, 0.3) is 0 Å². The van der Waals surface area contributed by atoms with Crippen molar-refractivity contribution in [3.63, 3.8) is 0 Å². The predicted molar refractivity (Wildman–Crippen MR) is 103 cm³/mol. The Kier molecular flexibility index (Phi) is 8.12. The van der Waals surface area contributed by atoms with E-state index in [1.165, 1.54) is 7.11 Å². The van der Waals surface area contributed by atoms with Gasteiger partial charge < -0.3 is 24.8 Å². The minimum absolute atomic E-state index is 0.101. The molecule has 2 N–H and O–H groups in total. The van der Waals surface area contributed by atoms with Gasteiger partial charge in [-0.05, 0) is 55.5 Å². The Morgan fingerprint density at radius 3 is 2.22 bits per heavy atom. The molecule has 2 rings (SSSR count). The minimum Gasteiger partial charge on any atom is -0.491 e. The molecule has 7 nitrogen and oxygen atoms in total. The zero-order valence-electron chi connectivity index (χ0n) is 15.5. The van der Waals surface area contributed by atoms with Crippen LogP contribution in [0.25, 0.3) is 0 Å². The van der Waals surface area contributed by atoms with Gasteiger partial charge in [-0.3, -0.25) is 4.79 Å². The molecule has 0 spiro atoms. The zero-order chi connectivity index (χ0) is 19.5. The average molecular weight is 372 g/mol. The number of amides is 1. The summed E-state index contributed by atoms with van der Waals surface area (Å²) >= 11 is 0. The van der Waals surface area contributed by atoms with Crippen LogP contribution in [0.15, 0.2) is 48.5 Å². The van der Waals surface area contributed by atoms with E-state index in [2.05, 4.69) is 15.4 Å². The summed E-state index contributed by atoms with van der Waals surface area (Å²) in [7, 11) is 1.33. The van der Waals surface area contributed by atoms with Crippen LogP contribution in [0.2, 0.25) is 0 Å². The first-order chi connectivity index (χ1) is 13.1. The van der Waals surface area contributed by atoms with E-state index in [1.807, 2.05) is 6.92 Å². The standard InChI is InChI=1S/C20H24N2O5/c1-3-26-12-13-27-18-10-8-17(9-11-18)22-19(23)14-21-16-6-4-15(5-7-16)20(24)25-2/h4-11,21H,3,12-14H2,1-2H3,(H,22,23). The molecule has 0 fully saturated rings. The zero-order valence-corrected chi connectivity index (χ0v) is 15.5. The number of carbonyl (C=O) groups excluding carboxylic acids is 2. The summed E-state index contributed by atoms with van der Waals surface area (Å²) in [5.74, 6) is 0.137. The van der Waals surface area contributed by atoms with Gasteiger partial charge in [-0.1, -0.05) is 0 Å². The lowest BCUT2D eigenvalue weighted by Gasteiger charge is -2.10. The van der Waals surface area contributed by atoms with Crippen molar-refractivity contribution in [1.82, 2.24) is 0 Å². The van der Waals surface area contributed by atoms with Crippen molar-refractivity contribution >= 4 is 23.3 Å². The second-order valence-corrected chi connectivity index (χ2v) is 5.54. The van der Waals surface area contributed by atoms with Gasteiger partial charge >= 0.3 is 5.97 Å². The number of anilines is 2. The number of hydrogen-bond acceptors (Lipinski definition) is 6. The number of hydrogen-bond donors (Lipinski definition) is 2. The Morgan fingerprint density at radius 2 is 1.59 bits per heavy atom. The highest BCUT2D eigenvalue weighted by Gasteiger charge is 2.06. The van der Waals surface area contributed by atoms with Crippen molar-refractivity contribution in [3.05, 3.63) is 54.1 Å². The molecule has 0 bridgehead atoms. The molecule has 0 saturated carbocycles. The first kappa shape index (κ1) is 20.3. The normalized spacial score (nSPS) is 10.1. The molecule has 1 amide bonds. The van der Waals surface area contributed by atoms with E-state index in [1.54, 1.807) is 48.5 Å². The highest BCUT2D eigenvalue weighted by molar-refractivity contribution is 5.94. The van der Waals surface area contributed by atoms with Crippen LogP contribution in [0.1, 0.15) is 17.3 Å². The first-order valence-corrected chi connectivity index (χ1v) is 8.65. The number of ether oxygens (including phenoxy) is 3. The Balaban J connectivity index is 1.76. The molecule has 2 aromatic carbocycles. The summed E-state index contributed by atoms with van der Waals surface area (Å²) in [5.41, 5.74) is 1.87. The summed E-state index contributed by atoms with van der Waals surface area (Å²) in [6.07, 6.45) is 0. The molecular weight excluding hydrogens is 348 g/mol. The fraction of sp³-hybridized carbons (Fsp3) is 0.300. The van der Waals surface area contributed by atoms with E-state index >= 15 is 0 Å². The Labute approximate surface area is 158 Å². The van der Waals surface area contributed by atoms with E-state index in [0.29, 0.717) is 31.1 Å². The monoisotopic (exact) mass is 372 g/mol. The number of carbonyl (C=O) groups is 2. The number of esters is 1. The lowest BCUT2D eigenvalue weighted by Crippen LogP contribution is -2.21. The Morgan fingerprint density at radius 1 is 0.926 bits per heavy atom. The quantitative estimate of drug-likeness (QED) is 0.493. The molecule has 0 heterocycles. The van der Waals surface area contributed by atoms with E-state index in [4.69, 9.17) is 9.47 Å². The molecule has 0 aliphatic rings. The fourth-order valence-electron chi connectivity index (χ4n) is 2.23. The smallest absolute Gasteiger partial charge is 0.337 e. The maximum absolute atomic E-state index is 12.0. The molecule has 0 radical (unpaired) electrons. The second-order valence-electron chi connectivity index (χ2n) is 5.54. The van der Waals surface area contributed by atoms with Crippen LogP contribution in [0.5, 0.6) is 5.75 Å². The summed E-state index contributed by atoms with van der Waals surface area (Å²) in [6, 6.07) is 13.8. The van der Waals surface area contributed by atoms with Crippen LogP contribution in [0.4, 0.5) is 11.4 Å². The maximum atomic E-state index is 12.0. The van der Waals surface area contributed by atoms with Crippen molar-refractivity contribution in [1.29, 1.82) is 0 Å². The number of nitrogens with one attached hydrogen (secondary N) is 2. The fourth-order valence-corrected chi connectivity index (χ4v) is 2.23. The first-order valence-electron chi connectivity index (χ1n) is 8.65. The van der Waals surface area contributed by atoms with E-state index < -0.39 is 5.97 Å². The minimum atomic E-state index is -0.399.